The quantitative estimate of drug-likeness (QED) is 0.565. The summed E-state index contributed by atoms with van der Waals surface area (Å²) in [6.07, 6.45) is 0.871. The lowest BCUT2D eigenvalue weighted by Gasteiger charge is -2.28. The Morgan fingerprint density at radius 3 is 2.47 bits per heavy atom. The first kappa shape index (κ1) is 19.9. The second-order valence-corrected chi connectivity index (χ2v) is 7.86. The zero-order valence-electron chi connectivity index (χ0n) is 16.7. The lowest BCUT2D eigenvalue weighted by Crippen LogP contribution is -2.31. The van der Waals surface area contributed by atoms with Gasteiger partial charge in [-0.25, -0.2) is 0 Å². The molecule has 6 heteroatoms. The fraction of sp³-hybridized carbons (Fsp3) is 0.167. The number of nitrogens with zero attached hydrogens (tertiary/aromatic N) is 1. The summed E-state index contributed by atoms with van der Waals surface area (Å²) in [6.45, 7) is 2.05. The largest absolute Gasteiger partial charge is 0.503 e. The van der Waals surface area contributed by atoms with Gasteiger partial charge in [0.15, 0.2) is 5.76 Å². The molecule has 0 radical (unpaired) electrons. The molecule has 3 aromatic rings. The molecule has 0 bridgehead atoms. The van der Waals surface area contributed by atoms with Crippen LogP contribution in [0.3, 0.4) is 0 Å². The molecule has 1 aliphatic rings. The molecule has 0 saturated heterocycles. The number of anilines is 1. The van der Waals surface area contributed by atoms with Gasteiger partial charge < -0.3 is 9.84 Å². The summed E-state index contributed by atoms with van der Waals surface area (Å²) in [5.41, 5.74) is 2.43. The Balaban J connectivity index is 1.90. The van der Waals surface area contributed by atoms with Crippen LogP contribution in [0, 0.1) is 0 Å². The van der Waals surface area contributed by atoms with Crippen molar-refractivity contribution in [3.63, 3.8) is 0 Å². The van der Waals surface area contributed by atoms with Gasteiger partial charge in [0.05, 0.1) is 23.6 Å². The highest BCUT2D eigenvalue weighted by Gasteiger charge is 2.45. The molecule has 1 N–H and O–H groups in total. The third-order valence-electron chi connectivity index (χ3n) is 5.25. The number of aliphatic hydroxyl groups is 1. The van der Waals surface area contributed by atoms with Gasteiger partial charge in [0.25, 0.3) is 5.91 Å². The average molecular weight is 420 g/mol. The molecule has 1 amide bonds. The van der Waals surface area contributed by atoms with E-state index in [1.165, 1.54) is 16.2 Å². The number of para-hydroxylation sites is 1. The van der Waals surface area contributed by atoms with Gasteiger partial charge in [-0.15, -0.1) is 11.3 Å². The van der Waals surface area contributed by atoms with Gasteiger partial charge in [0, 0.05) is 11.3 Å². The highest BCUT2D eigenvalue weighted by molar-refractivity contribution is 7.12. The van der Waals surface area contributed by atoms with Crippen molar-refractivity contribution in [3.05, 3.63) is 93.4 Å². The fourth-order valence-corrected chi connectivity index (χ4v) is 4.40. The Bertz CT molecular complexity index is 1120. The van der Waals surface area contributed by atoms with Gasteiger partial charge in [-0.2, -0.15) is 0 Å². The monoisotopic (exact) mass is 419 g/mol. The molecule has 1 atom stereocenters. The van der Waals surface area contributed by atoms with Gasteiger partial charge in [-0.3, -0.25) is 14.5 Å². The number of hydrogen-bond donors (Lipinski definition) is 1. The zero-order chi connectivity index (χ0) is 21.3. The maximum atomic E-state index is 13.3. The Hall–Kier alpha value is -3.38. The minimum atomic E-state index is -0.796. The molecule has 152 valence electrons. The third kappa shape index (κ3) is 3.29. The Kier molecular flexibility index (Phi) is 5.42. The van der Waals surface area contributed by atoms with E-state index < -0.39 is 17.7 Å². The van der Waals surface area contributed by atoms with Crippen LogP contribution < -0.4 is 9.64 Å². The number of rotatable bonds is 6. The first-order valence-electron chi connectivity index (χ1n) is 9.63. The highest BCUT2D eigenvalue weighted by Crippen LogP contribution is 2.44. The first-order valence-corrected chi connectivity index (χ1v) is 10.5. The topological polar surface area (TPSA) is 66.8 Å². The number of Topliss-reactive ketones (excluding diaryl/α,β-unsaturated/α-hetero) is 1. The number of ether oxygens (including phenoxy) is 1. The Morgan fingerprint density at radius 1 is 1.10 bits per heavy atom. The maximum Gasteiger partial charge on any atom is 0.294 e. The average Bonchev–Trinajstić information content (AvgIpc) is 3.41. The Morgan fingerprint density at radius 2 is 1.83 bits per heavy atom. The fourth-order valence-electron chi connectivity index (χ4n) is 3.72. The molecule has 4 rings (SSSR count). The summed E-state index contributed by atoms with van der Waals surface area (Å²) in [5, 5.41) is 12.6. The molecule has 1 aliphatic heterocycles. The molecule has 0 saturated carbocycles. The first-order chi connectivity index (χ1) is 14.6. The van der Waals surface area contributed by atoms with Crippen LogP contribution in [0.5, 0.6) is 5.75 Å². The molecular formula is C24H21NO4S. The molecule has 5 nitrogen and oxygen atoms in total. The molecule has 30 heavy (non-hydrogen) atoms. The van der Waals surface area contributed by atoms with Gasteiger partial charge in [0.2, 0.25) is 5.78 Å². The van der Waals surface area contributed by atoms with E-state index in [0.717, 1.165) is 12.0 Å². The van der Waals surface area contributed by atoms with Gasteiger partial charge >= 0.3 is 0 Å². The summed E-state index contributed by atoms with van der Waals surface area (Å²) < 4.78 is 5.52. The van der Waals surface area contributed by atoms with Crippen LogP contribution in [0.1, 0.15) is 33.8 Å². The molecule has 0 spiro atoms. The second-order valence-electron chi connectivity index (χ2n) is 6.91. The molecule has 2 heterocycles. The lowest BCUT2D eigenvalue weighted by molar-refractivity contribution is -0.117. The summed E-state index contributed by atoms with van der Waals surface area (Å²) in [6, 6.07) is 17.5. The van der Waals surface area contributed by atoms with Gasteiger partial charge in [-0.1, -0.05) is 43.3 Å². The maximum absolute atomic E-state index is 13.3. The minimum Gasteiger partial charge on any atom is -0.503 e. The van der Waals surface area contributed by atoms with Crippen molar-refractivity contribution in [2.24, 2.45) is 0 Å². The summed E-state index contributed by atoms with van der Waals surface area (Å²) in [5.74, 6) is -0.949. The summed E-state index contributed by atoms with van der Waals surface area (Å²) in [4.78, 5) is 28.4. The van der Waals surface area contributed by atoms with Crippen molar-refractivity contribution in [3.8, 4) is 5.75 Å². The van der Waals surface area contributed by atoms with Crippen molar-refractivity contribution >= 4 is 28.7 Å². The van der Waals surface area contributed by atoms with Crippen molar-refractivity contribution in [2.45, 2.75) is 19.4 Å². The van der Waals surface area contributed by atoms with Crippen LogP contribution >= 0.6 is 11.3 Å². The number of methoxy groups -OCH3 is 1. The molecule has 0 aliphatic carbocycles. The lowest BCUT2D eigenvalue weighted by atomic mass is 9.94. The van der Waals surface area contributed by atoms with Gasteiger partial charge in [-0.05, 0) is 41.6 Å². The number of thiophene rings is 1. The number of aliphatic hydroxyl groups excluding tert-OH is 1. The number of amides is 1. The van der Waals surface area contributed by atoms with Crippen LogP contribution in [-0.4, -0.2) is 23.9 Å². The minimum absolute atomic E-state index is 0.0616. The summed E-state index contributed by atoms with van der Waals surface area (Å²) >= 11 is 1.27. The number of benzene rings is 2. The van der Waals surface area contributed by atoms with Crippen molar-refractivity contribution in [1.82, 2.24) is 0 Å². The van der Waals surface area contributed by atoms with Gasteiger partial charge in [0.1, 0.15) is 5.75 Å². The Labute approximate surface area is 178 Å². The van der Waals surface area contributed by atoms with Crippen molar-refractivity contribution < 1.29 is 19.4 Å². The highest BCUT2D eigenvalue weighted by atomic mass is 32.1. The van der Waals surface area contributed by atoms with E-state index in [0.29, 0.717) is 21.9 Å². The van der Waals surface area contributed by atoms with E-state index in [2.05, 4.69) is 6.92 Å². The van der Waals surface area contributed by atoms with Crippen LogP contribution in [0.15, 0.2) is 77.4 Å². The van der Waals surface area contributed by atoms with E-state index in [9.17, 15) is 14.7 Å². The zero-order valence-corrected chi connectivity index (χ0v) is 17.5. The molecule has 0 fully saturated rings. The number of carbonyl (C=O) groups is 2. The standard InChI is InChI=1S/C24H21NO4S/c1-3-15-10-12-16(13-11-15)25-21(17-7-4-5-8-18(17)29-2)20(23(27)24(25)28)22(26)19-9-6-14-30-19/h4-14,21,27H,3H2,1-2H3. The molecule has 2 aromatic carbocycles. The van der Waals surface area contributed by atoms with E-state index >= 15 is 0 Å². The molecule has 1 aromatic heterocycles. The predicted molar refractivity (Wildman–Crippen MR) is 117 cm³/mol. The van der Waals surface area contributed by atoms with Crippen molar-refractivity contribution in [2.75, 3.05) is 12.0 Å². The molecule has 1 unspecified atom stereocenters. The SMILES string of the molecule is CCc1ccc(N2C(=O)C(O)=C(C(=O)c3cccs3)C2c2ccccc2OC)cc1. The number of ketones is 1. The number of aryl methyl sites for hydroxylation is 1. The second kappa shape index (κ2) is 8.16. The third-order valence-corrected chi connectivity index (χ3v) is 6.12. The van der Waals surface area contributed by atoms with E-state index in [4.69, 9.17) is 4.74 Å². The normalized spacial score (nSPS) is 16.3. The van der Waals surface area contributed by atoms with E-state index in [-0.39, 0.29) is 11.4 Å². The van der Waals surface area contributed by atoms with Crippen LogP contribution in [0.4, 0.5) is 5.69 Å². The number of hydrogen-bond acceptors (Lipinski definition) is 5. The number of carbonyl (C=O) groups excluding carboxylic acids is 2. The van der Waals surface area contributed by atoms with Crippen LogP contribution in [0.2, 0.25) is 0 Å². The predicted octanol–water partition coefficient (Wildman–Crippen LogP) is 5.10. The van der Waals surface area contributed by atoms with Crippen LogP contribution in [-0.2, 0) is 11.2 Å². The van der Waals surface area contributed by atoms with E-state index in [1.807, 2.05) is 42.5 Å². The van der Waals surface area contributed by atoms with Crippen molar-refractivity contribution in [1.29, 1.82) is 0 Å². The molecular weight excluding hydrogens is 398 g/mol. The van der Waals surface area contributed by atoms with E-state index in [1.54, 1.807) is 30.7 Å². The van der Waals surface area contributed by atoms with Crippen LogP contribution in [0.25, 0.3) is 0 Å². The smallest absolute Gasteiger partial charge is 0.294 e. The summed E-state index contributed by atoms with van der Waals surface area (Å²) in [7, 11) is 1.54.